The zero-order chi connectivity index (χ0) is 11.7. The van der Waals surface area contributed by atoms with Crippen molar-refractivity contribution in [2.24, 2.45) is 0 Å². The normalized spacial score (nSPS) is 15.5. The maximum Gasteiger partial charge on any atom is 0.421 e. The Kier molecular flexibility index (Phi) is 2.73. The van der Waals surface area contributed by atoms with Gasteiger partial charge in [0.15, 0.2) is 5.60 Å². The summed E-state index contributed by atoms with van der Waals surface area (Å²) in [5, 5.41) is 17.8. The number of hydrogen-bond donors (Lipinski definition) is 1. The van der Waals surface area contributed by atoms with Crippen LogP contribution in [0.2, 0.25) is 0 Å². The molecule has 2 nitrogen and oxygen atoms in total. The molecule has 0 aliphatic rings. The molecule has 15 heavy (non-hydrogen) atoms. The Labute approximate surface area is 84.6 Å². The van der Waals surface area contributed by atoms with Gasteiger partial charge in [0.1, 0.15) is 0 Å². The fourth-order valence-corrected chi connectivity index (χ4v) is 1.06. The van der Waals surface area contributed by atoms with E-state index >= 15 is 0 Å². The first-order valence-electron chi connectivity index (χ1n) is 4.09. The van der Waals surface area contributed by atoms with Crippen molar-refractivity contribution >= 4 is 0 Å². The van der Waals surface area contributed by atoms with Gasteiger partial charge in [0, 0.05) is 0 Å². The largest absolute Gasteiger partial charge is 0.421 e. The van der Waals surface area contributed by atoms with Gasteiger partial charge in [-0.1, -0.05) is 12.1 Å². The summed E-state index contributed by atoms with van der Waals surface area (Å²) < 4.78 is 37.3. The highest BCUT2D eigenvalue weighted by Gasteiger charge is 2.51. The van der Waals surface area contributed by atoms with Gasteiger partial charge in [-0.05, 0) is 24.6 Å². The van der Waals surface area contributed by atoms with Crippen LogP contribution in [0.25, 0.3) is 0 Å². The molecule has 1 atom stereocenters. The average molecular weight is 215 g/mol. The van der Waals surface area contributed by atoms with E-state index in [1.165, 1.54) is 12.1 Å². The highest BCUT2D eigenvalue weighted by molar-refractivity contribution is 5.35. The number of aliphatic hydroxyl groups is 1. The van der Waals surface area contributed by atoms with Crippen molar-refractivity contribution < 1.29 is 18.3 Å². The fraction of sp³-hybridized carbons (Fsp3) is 0.300. The van der Waals surface area contributed by atoms with Crippen molar-refractivity contribution in [1.82, 2.24) is 0 Å². The van der Waals surface area contributed by atoms with Crippen LogP contribution in [0.5, 0.6) is 0 Å². The van der Waals surface area contributed by atoms with Gasteiger partial charge < -0.3 is 5.11 Å². The summed E-state index contributed by atoms with van der Waals surface area (Å²) >= 11 is 0. The minimum atomic E-state index is -4.76. The first kappa shape index (κ1) is 11.5. The number of benzene rings is 1. The van der Waals surface area contributed by atoms with Gasteiger partial charge in [-0.3, -0.25) is 0 Å². The molecule has 0 aromatic heterocycles. The van der Waals surface area contributed by atoms with E-state index in [0.29, 0.717) is 6.92 Å². The molecule has 1 aromatic rings. The molecule has 1 N–H and O–H groups in total. The molecule has 5 heteroatoms. The molecule has 80 valence electrons. The third-order valence-corrected chi connectivity index (χ3v) is 2.11. The summed E-state index contributed by atoms with van der Waals surface area (Å²) in [6.45, 7) is 0.656. The van der Waals surface area contributed by atoms with Crippen LogP contribution in [-0.2, 0) is 5.60 Å². The third-order valence-electron chi connectivity index (χ3n) is 2.11. The lowest BCUT2D eigenvalue weighted by Crippen LogP contribution is -2.39. The van der Waals surface area contributed by atoms with E-state index in [4.69, 9.17) is 5.26 Å². The van der Waals surface area contributed by atoms with Crippen molar-refractivity contribution in [3.05, 3.63) is 35.4 Å². The van der Waals surface area contributed by atoms with Crippen molar-refractivity contribution in [3.8, 4) is 6.07 Å². The van der Waals surface area contributed by atoms with Crippen LogP contribution >= 0.6 is 0 Å². The second-order valence-corrected chi connectivity index (χ2v) is 3.26. The molecule has 1 unspecified atom stereocenters. The van der Waals surface area contributed by atoms with Crippen LogP contribution in [0.4, 0.5) is 13.2 Å². The van der Waals surface area contributed by atoms with Crippen LogP contribution in [0.3, 0.4) is 0 Å². The maximum absolute atomic E-state index is 12.4. The molecule has 1 rings (SSSR count). The Morgan fingerprint density at radius 2 is 1.93 bits per heavy atom. The van der Waals surface area contributed by atoms with E-state index < -0.39 is 11.8 Å². The molecular formula is C10H8F3NO. The molecule has 0 aliphatic carbocycles. The molecule has 0 aliphatic heterocycles. The van der Waals surface area contributed by atoms with Crippen molar-refractivity contribution in [3.63, 3.8) is 0 Å². The van der Waals surface area contributed by atoms with E-state index in [2.05, 4.69) is 0 Å². The standard InChI is InChI=1S/C10H8F3NO/c1-9(15,10(11,12)13)8-4-2-3-7(5-8)6-14/h2-5,15H,1H3. The summed E-state index contributed by atoms with van der Waals surface area (Å²) in [6.07, 6.45) is -4.76. The Morgan fingerprint density at radius 3 is 2.40 bits per heavy atom. The SMILES string of the molecule is CC(O)(c1cccc(C#N)c1)C(F)(F)F. The second-order valence-electron chi connectivity index (χ2n) is 3.26. The molecule has 0 amide bonds. The summed E-state index contributed by atoms with van der Waals surface area (Å²) in [4.78, 5) is 0. The molecule has 0 radical (unpaired) electrons. The lowest BCUT2D eigenvalue weighted by atomic mass is 9.94. The minimum Gasteiger partial charge on any atom is -0.376 e. The average Bonchev–Trinajstić information content (AvgIpc) is 2.16. The first-order valence-corrected chi connectivity index (χ1v) is 4.09. The second kappa shape index (κ2) is 3.55. The summed E-state index contributed by atoms with van der Waals surface area (Å²) in [5.41, 5.74) is -3.19. The van der Waals surface area contributed by atoms with Crippen LogP contribution < -0.4 is 0 Å². The van der Waals surface area contributed by atoms with E-state index in [1.807, 2.05) is 0 Å². The zero-order valence-corrected chi connectivity index (χ0v) is 7.84. The van der Waals surface area contributed by atoms with Gasteiger partial charge in [0.2, 0.25) is 0 Å². The predicted molar refractivity (Wildman–Crippen MR) is 46.8 cm³/mol. The van der Waals surface area contributed by atoms with Crippen LogP contribution in [0.15, 0.2) is 24.3 Å². The number of hydrogen-bond acceptors (Lipinski definition) is 2. The molecule has 0 saturated heterocycles. The van der Waals surface area contributed by atoms with Crippen LogP contribution in [0, 0.1) is 11.3 Å². The maximum atomic E-state index is 12.4. The molecule has 0 saturated carbocycles. The van der Waals surface area contributed by atoms with E-state index in [9.17, 15) is 18.3 Å². The highest BCUT2D eigenvalue weighted by Crippen LogP contribution is 2.38. The summed E-state index contributed by atoms with van der Waals surface area (Å²) in [6, 6.07) is 6.54. The lowest BCUT2D eigenvalue weighted by Gasteiger charge is -2.26. The molecule has 0 spiro atoms. The number of nitriles is 1. The fourth-order valence-electron chi connectivity index (χ4n) is 1.06. The van der Waals surface area contributed by atoms with E-state index in [0.717, 1.165) is 12.1 Å². The minimum absolute atomic E-state index is 0.0806. The smallest absolute Gasteiger partial charge is 0.376 e. The summed E-state index contributed by atoms with van der Waals surface area (Å²) in [7, 11) is 0. The van der Waals surface area contributed by atoms with E-state index in [1.54, 1.807) is 6.07 Å². The van der Waals surface area contributed by atoms with Crippen molar-refractivity contribution in [1.29, 1.82) is 5.26 Å². The molecule has 0 bridgehead atoms. The number of halogens is 3. The third kappa shape index (κ3) is 2.10. The topological polar surface area (TPSA) is 44.0 Å². The van der Waals surface area contributed by atoms with Gasteiger partial charge in [0.25, 0.3) is 0 Å². The van der Waals surface area contributed by atoms with Gasteiger partial charge in [-0.2, -0.15) is 18.4 Å². The molecule has 0 fully saturated rings. The van der Waals surface area contributed by atoms with Crippen LogP contribution in [-0.4, -0.2) is 11.3 Å². The molecule has 1 aromatic carbocycles. The number of alkyl halides is 3. The van der Waals surface area contributed by atoms with Gasteiger partial charge in [-0.25, -0.2) is 0 Å². The Morgan fingerprint density at radius 1 is 1.33 bits per heavy atom. The Balaban J connectivity index is 3.23. The number of nitrogens with zero attached hydrogens (tertiary/aromatic N) is 1. The molecule has 0 heterocycles. The van der Waals surface area contributed by atoms with Gasteiger partial charge in [-0.15, -0.1) is 0 Å². The monoisotopic (exact) mass is 215 g/mol. The van der Waals surface area contributed by atoms with Crippen molar-refractivity contribution in [2.75, 3.05) is 0 Å². The Bertz CT molecular complexity index is 404. The number of rotatable bonds is 1. The van der Waals surface area contributed by atoms with Gasteiger partial charge >= 0.3 is 6.18 Å². The quantitative estimate of drug-likeness (QED) is 0.781. The van der Waals surface area contributed by atoms with Crippen molar-refractivity contribution in [2.45, 2.75) is 18.7 Å². The zero-order valence-electron chi connectivity index (χ0n) is 7.84. The van der Waals surface area contributed by atoms with E-state index in [-0.39, 0.29) is 11.1 Å². The Hall–Kier alpha value is -1.54. The summed E-state index contributed by atoms with van der Waals surface area (Å²) in [5.74, 6) is 0. The first-order chi connectivity index (χ1) is 6.79. The highest BCUT2D eigenvalue weighted by atomic mass is 19.4. The van der Waals surface area contributed by atoms with Gasteiger partial charge in [0.05, 0.1) is 11.6 Å². The predicted octanol–water partition coefficient (Wildman–Crippen LogP) is 2.33. The van der Waals surface area contributed by atoms with Crippen LogP contribution in [0.1, 0.15) is 18.1 Å². The molecular weight excluding hydrogens is 207 g/mol. The lowest BCUT2D eigenvalue weighted by molar-refractivity contribution is -0.258.